The average Bonchev–Trinajstić information content (AvgIpc) is 3.17. The zero-order chi connectivity index (χ0) is 14.9. The van der Waals surface area contributed by atoms with Crippen molar-refractivity contribution in [1.82, 2.24) is 10.2 Å². The van der Waals surface area contributed by atoms with Crippen LogP contribution in [0.5, 0.6) is 0 Å². The molecule has 5 heteroatoms. The number of hydrogen-bond acceptors (Lipinski definition) is 4. The summed E-state index contributed by atoms with van der Waals surface area (Å²) in [7, 11) is 0. The van der Waals surface area contributed by atoms with Crippen LogP contribution in [0, 0.1) is 0 Å². The molecule has 4 nitrogen and oxygen atoms in total. The van der Waals surface area contributed by atoms with Crippen molar-refractivity contribution in [3.8, 4) is 0 Å². The van der Waals surface area contributed by atoms with Gasteiger partial charge in [0.1, 0.15) is 6.17 Å². The van der Waals surface area contributed by atoms with Crippen molar-refractivity contribution in [3.05, 3.63) is 22.4 Å². The Kier molecular flexibility index (Phi) is 4.33. The first-order valence-electron chi connectivity index (χ1n) is 7.89. The molecule has 1 saturated heterocycles. The summed E-state index contributed by atoms with van der Waals surface area (Å²) >= 11 is 1.68. The summed E-state index contributed by atoms with van der Waals surface area (Å²) in [4.78, 5) is 15.0. The van der Waals surface area contributed by atoms with Crippen molar-refractivity contribution >= 4 is 17.2 Å². The third kappa shape index (κ3) is 2.74. The molecule has 116 valence electrons. The molecule has 21 heavy (non-hydrogen) atoms. The highest BCUT2D eigenvalue weighted by Gasteiger charge is 2.52. The minimum absolute atomic E-state index is 0.00440. The zero-order valence-corrected chi connectivity index (χ0v) is 13.6. The van der Waals surface area contributed by atoms with Crippen LogP contribution in [-0.2, 0) is 9.53 Å². The Morgan fingerprint density at radius 3 is 2.90 bits per heavy atom. The van der Waals surface area contributed by atoms with E-state index < -0.39 is 0 Å². The van der Waals surface area contributed by atoms with Gasteiger partial charge in [-0.05, 0) is 49.1 Å². The van der Waals surface area contributed by atoms with Crippen LogP contribution < -0.4 is 5.32 Å². The number of nitrogens with one attached hydrogen (secondary N) is 1. The Hall–Kier alpha value is -0.910. The van der Waals surface area contributed by atoms with Gasteiger partial charge in [0, 0.05) is 13.2 Å². The highest BCUT2D eigenvalue weighted by atomic mass is 32.1. The molecular weight excluding hydrogens is 284 g/mol. The summed E-state index contributed by atoms with van der Waals surface area (Å²) in [6.07, 6.45) is 4.29. The molecule has 0 bridgehead atoms. The van der Waals surface area contributed by atoms with E-state index in [9.17, 15) is 4.79 Å². The van der Waals surface area contributed by atoms with Gasteiger partial charge in [0.05, 0.1) is 11.6 Å². The van der Waals surface area contributed by atoms with E-state index in [0.29, 0.717) is 13.2 Å². The van der Waals surface area contributed by atoms with E-state index in [4.69, 9.17) is 4.74 Å². The molecule has 0 aromatic carbocycles. The second kappa shape index (κ2) is 6.07. The van der Waals surface area contributed by atoms with Crippen molar-refractivity contribution < 1.29 is 9.53 Å². The van der Waals surface area contributed by atoms with E-state index in [1.54, 1.807) is 11.3 Å². The number of hydrogen-bond donors (Lipinski definition) is 1. The Morgan fingerprint density at radius 2 is 2.29 bits per heavy atom. The highest BCUT2D eigenvalue weighted by Crippen LogP contribution is 2.41. The van der Waals surface area contributed by atoms with Gasteiger partial charge in [-0.15, -0.1) is 0 Å². The molecule has 1 aliphatic heterocycles. The van der Waals surface area contributed by atoms with E-state index in [1.807, 2.05) is 18.7 Å². The number of amides is 1. The highest BCUT2D eigenvalue weighted by molar-refractivity contribution is 7.07. The second-order valence-corrected chi connectivity index (χ2v) is 6.90. The molecule has 0 radical (unpaired) electrons. The lowest BCUT2D eigenvalue weighted by Gasteiger charge is -2.26. The summed E-state index contributed by atoms with van der Waals surface area (Å²) in [5, 5.41) is 7.85. The number of thiophene rings is 1. The molecule has 2 heterocycles. The van der Waals surface area contributed by atoms with Crippen LogP contribution in [0.4, 0.5) is 0 Å². The topological polar surface area (TPSA) is 41.6 Å². The van der Waals surface area contributed by atoms with Gasteiger partial charge in [-0.1, -0.05) is 12.8 Å². The fourth-order valence-electron chi connectivity index (χ4n) is 3.63. The lowest BCUT2D eigenvalue weighted by molar-refractivity contribution is -0.135. The van der Waals surface area contributed by atoms with Crippen LogP contribution in [-0.4, -0.2) is 35.6 Å². The predicted octanol–water partition coefficient (Wildman–Crippen LogP) is 2.92. The maximum atomic E-state index is 13.0. The molecule has 1 N–H and O–H groups in total. The van der Waals surface area contributed by atoms with E-state index in [0.717, 1.165) is 25.7 Å². The lowest BCUT2D eigenvalue weighted by Crippen LogP contribution is -2.44. The first-order valence-corrected chi connectivity index (χ1v) is 8.83. The van der Waals surface area contributed by atoms with Gasteiger partial charge >= 0.3 is 0 Å². The first kappa shape index (κ1) is 15.0. The third-order valence-corrected chi connectivity index (χ3v) is 5.32. The van der Waals surface area contributed by atoms with Gasteiger partial charge < -0.3 is 9.64 Å². The van der Waals surface area contributed by atoms with Crippen LogP contribution in [0.15, 0.2) is 16.8 Å². The lowest BCUT2D eigenvalue weighted by atomic mass is 9.98. The summed E-state index contributed by atoms with van der Waals surface area (Å²) < 4.78 is 5.65. The molecule has 2 unspecified atom stereocenters. The summed E-state index contributed by atoms with van der Waals surface area (Å²) in [5.41, 5.74) is 0.874. The smallest absolute Gasteiger partial charge is 0.244 e. The monoisotopic (exact) mass is 308 g/mol. The second-order valence-electron chi connectivity index (χ2n) is 6.12. The van der Waals surface area contributed by atoms with Crippen molar-refractivity contribution in [2.45, 2.75) is 57.3 Å². The molecule has 3 rings (SSSR count). The van der Waals surface area contributed by atoms with Crippen molar-refractivity contribution in [1.29, 1.82) is 0 Å². The average molecular weight is 308 g/mol. The van der Waals surface area contributed by atoms with Crippen LogP contribution >= 0.6 is 11.3 Å². The van der Waals surface area contributed by atoms with Gasteiger partial charge in [0.2, 0.25) is 5.91 Å². The predicted molar refractivity (Wildman–Crippen MR) is 84.2 cm³/mol. The largest absolute Gasteiger partial charge is 0.377 e. The van der Waals surface area contributed by atoms with Gasteiger partial charge in [-0.25, -0.2) is 0 Å². The fourth-order valence-corrected chi connectivity index (χ4v) is 4.31. The van der Waals surface area contributed by atoms with Crippen molar-refractivity contribution in [2.75, 3.05) is 13.2 Å². The number of carbonyl (C=O) groups excluding carboxylic acids is 1. The number of ether oxygens (including phenoxy) is 1. The van der Waals surface area contributed by atoms with Crippen molar-refractivity contribution in [2.24, 2.45) is 0 Å². The molecule has 1 aromatic rings. The van der Waals surface area contributed by atoms with Crippen LogP contribution in [0.1, 0.15) is 51.3 Å². The maximum absolute atomic E-state index is 13.0. The van der Waals surface area contributed by atoms with Gasteiger partial charge in [0.15, 0.2) is 0 Å². The summed E-state index contributed by atoms with van der Waals surface area (Å²) in [5.74, 6) is 0.266. The minimum Gasteiger partial charge on any atom is -0.377 e. The van der Waals surface area contributed by atoms with Gasteiger partial charge in [-0.3, -0.25) is 10.1 Å². The molecule has 2 fully saturated rings. The number of carbonyl (C=O) groups is 1. The summed E-state index contributed by atoms with van der Waals surface area (Å²) in [6, 6.07) is 2.11. The van der Waals surface area contributed by atoms with Crippen molar-refractivity contribution in [3.63, 3.8) is 0 Å². The normalized spacial score (nSPS) is 25.9. The minimum atomic E-state index is -0.321. The van der Waals surface area contributed by atoms with Crippen LogP contribution in [0.3, 0.4) is 0 Å². The maximum Gasteiger partial charge on any atom is 0.244 e. The van der Waals surface area contributed by atoms with E-state index in [-0.39, 0.29) is 23.7 Å². The molecule has 1 saturated carbocycles. The SMILES string of the molecule is CCOC(C)CN1C(=O)C2(CCCC2)NC1c1ccsc1. The Labute approximate surface area is 130 Å². The van der Waals surface area contributed by atoms with Gasteiger partial charge in [0.25, 0.3) is 0 Å². The standard InChI is InChI=1S/C16H24N2O2S/c1-3-20-12(2)10-18-14(13-6-9-21-11-13)17-16(15(18)19)7-4-5-8-16/h6,9,11-12,14,17H,3-5,7-8,10H2,1-2H3. The molecule has 1 aliphatic carbocycles. The number of rotatable bonds is 5. The Morgan fingerprint density at radius 1 is 1.52 bits per heavy atom. The fraction of sp³-hybridized carbons (Fsp3) is 0.688. The number of nitrogens with zero attached hydrogens (tertiary/aromatic N) is 1. The Balaban J connectivity index is 1.83. The van der Waals surface area contributed by atoms with E-state index in [1.165, 1.54) is 5.56 Å². The van der Waals surface area contributed by atoms with E-state index in [2.05, 4.69) is 22.1 Å². The quantitative estimate of drug-likeness (QED) is 0.909. The first-order chi connectivity index (χ1) is 10.2. The molecule has 1 aromatic heterocycles. The van der Waals surface area contributed by atoms with Crippen LogP contribution in [0.25, 0.3) is 0 Å². The molecule has 1 amide bonds. The Bertz CT molecular complexity index is 482. The molecule has 2 atom stereocenters. The van der Waals surface area contributed by atoms with E-state index >= 15 is 0 Å². The van der Waals surface area contributed by atoms with Gasteiger partial charge in [-0.2, -0.15) is 11.3 Å². The zero-order valence-electron chi connectivity index (χ0n) is 12.8. The summed E-state index contributed by atoms with van der Waals surface area (Å²) in [6.45, 7) is 5.38. The molecule has 2 aliphatic rings. The molecular formula is C16H24N2O2S. The van der Waals surface area contributed by atoms with Crippen LogP contribution in [0.2, 0.25) is 0 Å². The third-order valence-electron chi connectivity index (χ3n) is 4.62. The molecule has 1 spiro atoms.